The number of aromatic nitrogens is 1. The highest BCUT2D eigenvalue weighted by molar-refractivity contribution is 5.98. The first-order valence-electron chi connectivity index (χ1n) is 9.75. The lowest BCUT2D eigenvalue weighted by Gasteiger charge is -2.30. The van der Waals surface area contributed by atoms with Crippen molar-refractivity contribution in [2.45, 2.75) is 57.2 Å². The molecule has 0 spiro atoms. The van der Waals surface area contributed by atoms with Gasteiger partial charge in [-0.15, -0.1) is 0 Å². The van der Waals surface area contributed by atoms with Gasteiger partial charge in [0.1, 0.15) is 6.42 Å². The molecule has 2 aliphatic rings. The van der Waals surface area contributed by atoms with Crippen molar-refractivity contribution in [1.29, 1.82) is 0 Å². The van der Waals surface area contributed by atoms with Gasteiger partial charge in [-0.3, -0.25) is 14.4 Å². The summed E-state index contributed by atoms with van der Waals surface area (Å²) in [5, 5.41) is 10.3. The average molecular weight is 384 g/mol. The molecule has 1 aromatic heterocycles. The fraction of sp³-hybridized carbons (Fsp3) is 0.500. The number of hydrogen-bond donors (Lipinski definition) is 2. The third kappa shape index (κ3) is 4.00. The number of nitrogens with zero attached hydrogens (tertiary/aromatic N) is 2. The van der Waals surface area contributed by atoms with Gasteiger partial charge in [0.15, 0.2) is 5.58 Å². The lowest BCUT2D eigenvalue weighted by atomic mass is 10.1. The molecule has 1 aliphatic carbocycles. The number of hydrogen-bond acceptors (Lipinski definition) is 5. The molecule has 2 atom stereocenters. The van der Waals surface area contributed by atoms with Crippen molar-refractivity contribution in [2.75, 3.05) is 6.54 Å². The summed E-state index contributed by atoms with van der Waals surface area (Å²) in [6.45, 7) is 2.52. The number of rotatable bonds is 6. The Morgan fingerprint density at radius 2 is 2.11 bits per heavy atom. The van der Waals surface area contributed by atoms with Crippen LogP contribution in [0.2, 0.25) is 0 Å². The van der Waals surface area contributed by atoms with Crippen LogP contribution in [-0.2, 0) is 9.59 Å². The van der Waals surface area contributed by atoms with Gasteiger partial charge in [-0.25, -0.2) is 0 Å². The molecule has 2 N–H and O–H groups in total. The summed E-state index contributed by atoms with van der Waals surface area (Å²) in [6.07, 6.45) is 5.11. The molecule has 1 saturated carbocycles. The van der Waals surface area contributed by atoms with Gasteiger partial charge in [-0.1, -0.05) is 5.16 Å². The molecule has 2 aromatic rings. The van der Waals surface area contributed by atoms with E-state index in [1.54, 1.807) is 29.3 Å². The highest BCUT2D eigenvalue weighted by atomic mass is 16.5. The number of likely N-dealkylation sites (tertiary alicyclic amines) is 1. The molecule has 28 heavy (non-hydrogen) atoms. The normalized spacial score (nSPS) is 20.2. The second-order valence-electron chi connectivity index (χ2n) is 7.66. The summed E-state index contributed by atoms with van der Waals surface area (Å²) in [4.78, 5) is 38.9. The SMILES string of the molecule is CC(NC(=O)c1ccc2oncc2c1)[C@H]1CCCN1C(=O)CC(=O)NC1CC1. The summed E-state index contributed by atoms with van der Waals surface area (Å²) < 4.78 is 5.06. The van der Waals surface area contributed by atoms with E-state index >= 15 is 0 Å². The maximum Gasteiger partial charge on any atom is 0.251 e. The Labute approximate surface area is 162 Å². The first-order chi connectivity index (χ1) is 13.5. The predicted octanol–water partition coefficient (Wildman–Crippen LogP) is 1.61. The molecule has 8 nitrogen and oxygen atoms in total. The second kappa shape index (κ2) is 7.61. The van der Waals surface area contributed by atoms with Crippen LogP contribution in [0.4, 0.5) is 0 Å². The summed E-state index contributed by atoms with van der Waals surface area (Å²) >= 11 is 0. The van der Waals surface area contributed by atoms with Crippen molar-refractivity contribution in [3.8, 4) is 0 Å². The summed E-state index contributed by atoms with van der Waals surface area (Å²) in [7, 11) is 0. The molecule has 1 unspecified atom stereocenters. The van der Waals surface area contributed by atoms with Crippen LogP contribution in [0, 0.1) is 0 Å². The van der Waals surface area contributed by atoms with E-state index in [0.717, 1.165) is 31.1 Å². The minimum absolute atomic E-state index is 0.107. The van der Waals surface area contributed by atoms with E-state index in [-0.39, 0.29) is 42.3 Å². The largest absolute Gasteiger partial charge is 0.356 e. The van der Waals surface area contributed by atoms with Crippen LogP contribution in [0.3, 0.4) is 0 Å². The minimum atomic E-state index is -0.219. The summed E-state index contributed by atoms with van der Waals surface area (Å²) in [6, 6.07) is 5.05. The summed E-state index contributed by atoms with van der Waals surface area (Å²) in [5.41, 5.74) is 1.14. The third-order valence-electron chi connectivity index (χ3n) is 5.42. The van der Waals surface area contributed by atoms with Gasteiger partial charge in [0, 0.05) is 29.6 Å². The first kappa shape index (κ1) is 18.5. The van der Waals surface area contributed by atoms with Crippen molar-refractivity contribution in [3.63, 3.8) is 0 Å². The molecular weight excluding hydrogens is 360 g/mol. The molecule has 1 aromatic carbocycles. The van der Waals surface area contributed by atoms with E-state index in [2.05, 4.69) is 15.8 Å². The van der Waals surface area contributed by atoms with E-state index in [9.17, 15) is 14.4 Å². The lowest BCUT2D eigenvalue weighted by molar-refractivity contribution is -0.137. The van der Waals surface area contributed by atoms with Crippen LogP contribution in [0.25, 0.3) is 11.0 Å². The standard InChI is InChI=1S/C20H24N4O4/c1-12(22-20(27)13-4-7-17-14(9-13)11-21-28-17)16-3-2-8-24(16)19(26)10-18(25)23-15-5-6-15/h4,7,9,11-12,15-16H,2-3,5-6,8,10H2,1H3,(H,22,27)(H,23,25)/t12?,16-/m1/s1. The van der Waals surface area contributed by atoms with Gasteiger partial charge >= 0.3 is 0 Å². The van der Waals surface area contributed by atoms with Crippen molar-refractivity contribution in [1.82, 2.24) is 20.7 Å². The number of carbonyl (C=O) groups excluding carboxylic acids is 3. The Hall–Kier alpha value is -2.90. The topological polar surface area (TPSA) is 105 Å². The number of fused-ring (bicyclic) bond motifs is 1. The zero-order chi connectivity index (χ0) is 19.7. The van der Waals surface area contributed by atoms with E-state index in [0.29, 0.717) is 17.7 Å². The van der Waals surface area contributed by atoms with Crippen molar-refractivity contribution in [2.24, 2.45) is 0 Å². The predicted molar refractivity (Wildman–Crippen MR) is 101 cm³/mol. The highest BCUT2D eigenvalue weighted by Crippen LogP contribution is 2.23. The summed E-state index contributed by atoms with van der Waals surface area (Å²) in [5.74, 6) is -0.592. The van der Waals surface area contributed by atoms with Gasteiger partial charge in [0.2, 0.25) is 11.8 Å². The number of benzene rings is 1. The van der Waals surface area contributed by atoms with E-state index in [1.807, 2.05) is 6.92 Å². The van der Waals surface area contributed by atoms with Crippen LogP contribution in [0.5, 0.6) is 0 Å². The monoisotopic (exact) mass is 384 g/mol. The highest BCUT2D eigenvalue weighted by Gasteiger charge is 2.34. The van der Waals surface area contributed by atoms with Crippen molar-refractivity contribution < 1.29 is 18.9 Å². The molecule has 148 valence electrons. The second-order valence-corrected chi connectivity index (χ2v) is 7.66. The van der Waals surface area contributed by atoms with Gasteiger partial charge < -0.3 is 20.1 Å². The van der Waals surface area contributed by atoms with Gasteiger partial charge in [0.25, 0.3) is 5.91 Å². The molecule has 0 radical (unpaired) electrons. The minimum Gasteiger partial charge on any atom is -0.356 e. The Morgan fingerprint density at radius 1 is 1.29 bits per heavy atom. The average Bonchev–Trinajstić information content (AvgIpc) is 3.17. The van der Waals surface area contributed by atoms with E-state index in [1.165, 1.54) is 0 Å². The Morgan fingerprint density at radius 3 is 2.89 bits per heavy atom. The van der Waals surface area contributed by atoms with Crippen LogP contribution in [0.15, 0.2) is 28.9 Å². The molecule has 4 rings (SSSR count). The number of carbonyl (C=O) groups is 3. The van der Waals surface area contributed by atoms with E-state index < -0.39 is 0 Å². The van der Waals surface area contributed by atoms with E-state index in [4.69, 9.17) is 4.52 Å². The van der Waals surface area contributed by atoms with Crippen molar-refractivity contribution in [3.05, 3.63) is 30.0 Å². The molecule has 1 aliphatic heterocycles. The van der Waals surface area contributed by atoms with Gasteiger partial charge in [0.05, 0.1) is 12.2 Å². The maximum atomic E-state index is 12.6. The zero-order valence-electron chi connectivity index (χ0n) is 15.8. The van der Waals surface area contributed by atoms with Crippen LogP contribution in [0.1, 0.15) is 49.4 Å². The van der Waals surface area contributed by atoms with Gasteiger partial charge in [-0.05, 0) is 50.8 Å². The molecule has 3 amide bonds. The molecular formula is C20H24N4O4. The molecule has 8 heteroatoms. The Kier molecular flexibility index (Phi) is 5.02. The first-order valence-corrected chi connectivity index (χ1v) is 9.75. The third-order valence-corrected chi connectivity index (χ3v) is 5.42. The van der Waals surface area contributed by atoms with Crippen LogP contribution in [-0.4, -0.2) is 52.4 Å². The van der Waals surface area contributed by atoms with Crippen molar-refractivity contribution >= 4 is 28.7 Å². The lowest BCUT2D eigenvalue weighted by Crippen LogP contribution is -2.50. The number of nitrogens with one attached hydrogen (secondary N) is 2. The van der Waals surface area contributed by atoms with Gasteiger partial charge in [-0.2, -0.15) is 0 Å². The number of amides is 3. The molecule has 0 bridgehead atoms. The molecule has 2 heterocycles. The maximum absolute atomic E-state index is 12.6. The fourth-order valence-electron chi connectivity index (χ4n) is 3.77. The van der Waals surface area contributed by atoms with Crippen LogP contribution < -0.4 is 10.6 Å². The molecule has 1 saturated heterocycles. The Balaban J connectivity index is 1.36. The Bertz CT molecular complexity index is 904. The smallest absolute Gasteiger partial charge is 0.251 e. The fourth-order valence-corrected chi connectivity index (χ4v) is 3.77. The molecule has 2 fully saturated rings. The quantitative estimate of drug-likeness (QED) is 0.736. The zero-order valence-corrected chi connectivity index (χ0v) is 15.8. The van der Waals surface area contributed by atoms with Crippen LogP contribution >= 0.6 is 0 Å².